The molecule has 7 nitrogen and oxygen atoms in total. The molecule has 0 aliphatic heterocycles. The van der Waals surface area contributed by atoms with E-state index in [1.165, 1.54) is 12.1 Å². The van der Waals surface area contributed by atoms with Crippen LogP contribution in [0.25, 0.3) is 11.4 Å². The van der Waals surface area contributed by atoms with Gasteiger partial charge < -0.3 is 4.74 Å². The van der Waals surface area contributed by atoms with Gasteiger partial charge in [-0.15, -0.1) is 0 Å². The first kappa shape index (κ1) is 14.4. The Morgan fingerprint density at radius 1 is 1.55 bits per heavy atom. The fraction of sp³-hybridized carbons (Fsp3) is 0.333. The third kappa shape index (κ3) is 2.75. The minimum absolute atomic E-state index is 0.0591. The highest BCUT2D eigenvalue weighted by Crippen LogP contribution is 2.25. The van der Waals surface area contributed by atoms with Gasteiger partial charge in [-0.3, -0.25) is 19.8 Å². The molecule has 1 aromatic heterocycles. The summed E-state index contributed by atoms with van der Waals surface area (Å²) in [5.41, 5.74) is 1.63. The summed E-state index contributed by atoms with van der Waals surface area (Å²) in [6.45, 7) is 2.88. The minimum atomic E-state index is -0.418. The molecule has 0 unspecified atom stereocenters. The number of benzene rings is 1. The van der Waals surface area contributed by atoms with Crippen molar-refractivity contribution < 1.29 is 9.66 Å². The first-order valence-corrected chi connectivity index (χ1v) is 6.35. The number of hydrogen-bond donors (Lipinski definition) is 1. The number of ether oxygens (including phenoxy) is 1. The van der Waals surface area contributed by atoms with E-state index in [1.807, 2.05) is 4.57 Å². The molecule has 1 heterocycles. The number of non-ortho nitro benzene ring substituents is 1. The van der Waals surface area contributed by atoms with Gasteiger partial charge in [0.15, 0.2) is 10.6 Å². The van der Waals surface area contributed by atoms with Crippen LogP contribution in [0.1, 0.15) is 5.56 Å². The number of aromatic amines is 1. The number of H-pyrrole nitrogens is 1. The maximum atomic E-state index is 10.8. The lowest BCUT2D eigenvalue weighted by atomic mass is 10.1. The van der Waals surface area contributed by atoms with Gasteiger partial charge >= 0.3 is 0 Å². The Balaban J connectivity index is 2.46. The highest BCUT2D eigenvalue weighted by Gasteiger charge is 2.14. The number of nitro groups is 1. The Hall–Kier alpha value is -2.06. The second-order valence-corrected chi connectivity index (χ2v) is 4.64. The molecule has 2 rings (SSSR count). The molecule has 0 atom stereocenters. The van der Waals surface area contributed by atoms with Gasteiger partial charge in [0.1, 0.15) is 0 Å². The Morgan fingerprint density at radius 3 is 2.90 bits per heavy atom. The average Bonchev–Trinajstić information content (AvgIpc) is 2.77. The van der Waals surface area contributed by atoms with Gasteiger partial charge in [0.2, 0.25) is 0 Å². The monoisotopic (exact) mass is 294 g/mol. The third-order valence-corrected chi connectivity index (χ3v) is 3.25. The lowest BCUT2D eigenvalue weighted by Gasteiger charge is -2.08. The van der Waals surface area contributed by atoms with Crippen molar-refractivity contribution in [2.24, 2.45) is 0 Å². The van der Waals surface area contributed by atoms with Crippen LogP contribution in [-0.4, -0.2) is 33.4 Å². The maximum Gasteiger partial charge on any atom is 0.269 e. The first-order chi connectivity index (χ1) is 9.54. The molecule has 0 radical (unpaired) electrons. The van der Waals surface area contributed by atoms with Gasteiger partial charge in [0.05, 0.1) is 18.1 Å². The molecule has 0 fully saturated rings. The van der Waals surface area contributed by atoms with Crippen molar-refractivity contribution in [2.75, 3.05) is 13.7 Å². The summed E-state index contributed by atoms with van der Waals surface area (Å²) < 4.78 is 7.35. The van der Waals surface area contributed by atoms with Crippen molar-refractivity contribution >= 4 is 17.9 Å². The van der Waals surface area contributed by atoms with Crippen LogP contribution in [-0.2, 0) is 11.3 Å². The Morgan fingerprint density at radius 2 is 2.30 bits per heavy atom. The van der Waals surface area contributed by atoms with Crippen LogP contribution in [0.15, 0.2) is 18.2 Å². The molecule has 0 saturated heterocycles. The zero-order valence-corrected chi connectivity index (χ0v) is 11.9. The van der Waals surface area contributed by atoms with Crippen LogP contribution in [0.3, 0.4) is 0 Å². The van der Waals surface area contributed by atoms with Gasteiger partial charge in [-0.25, -0.2) is 0 Å². The van der Waals surface area contributed by atoms with Crippen molar-refractivity contribution in [2.45, 2.75) is 13.5 Å². The van der Waals surface area contributed by atoms with E-state index in [0.717, 1.165) is 11.1 Å². The van der Waals surface area contributed by atoms with Gasteiger partial charge in [-0.1, -0.05) is 0 Å². The van der Waals surface area contributed by atoms with Gasteiger partial charge in [-0.05, 0) is 30.8 Å². The van der Waals surface area contributed by atoms with Crippen molar-refractivity contribution in [3.05, 3.63) is 38.6 Å². The molecule has 0 bridgehead atoms. The summed E-state index contributed by atoms with van der Waals surface area (Å²) in [4.78, 5) is 10.3. The van der Waals surface area contributed by atoms with E-state index >= 15 is 0 Å². The van der Waals surface area contributed by atoms with Crippen LogP contribution in [0.2, 0.25) is 0 Å². The summed E-state index contributed by atoms with van der Waals surface area (Å²) >= 11 is 5.18. The second kappa shape index (κ2) is 5.93. The van der Waals surface area contributed by atoms with E-state index < -0.39 is 4.92 Å². The van der Waals surface area contributed by atoms with Gasteiger partial charge in [-0.2, -0.15) is 5.10 Å². The van der Waals surface area contributed by atoms with Crippen LogP contribution in [0.5, 0.6) is 0 Å². The maximum absolute atomic E-state index is 10.8. The highest BCUT2D eigenvalue weighted by molar-refractivity contribution is 7.71. The molecule has 1 aromatic carbocycles. The molecule has 0 aliphatic rings. The highest BCUT2D eigenvalue weighted by atomic mass is 32.1. The largest absolute Gasteiger partial charge is 0.383 e. The SMILES string of the molecule is COCCn1c(-c2ccc([N+](=O)[O-])cc2C)n[nH]c1=S. The van der Waals surface area contributed by atoms with E-state index in [4.69, 9.17) is 17.0 Å². The number of nitro benzene ring substituents is 1. The lowest BCUT2D eigenvalue weighted by molar-refractivity contribution is -0.384. The molecule has 8 heteroatoms. The van der Waals surface area contributed by atoms with Crippen molar-refractivity contribution in [1.29, 1.82) is 0 Å². The Labute approximate surface area is 120 Å². The number of rotatable bonds is 5. The number of nitrogens with one attached hydrogen (secondary N) is 1. The topological polar surface area (TPSA) is 86.0 Å². The predicted molar refractivity (Wildman–Crippen MR) is 76.1 cm³/mol. The molecule has 2 aromatic rings. The van der Waals surface area contributed by atoms with Gasteiger partial charge in [0, 0.05) is 24.8 Å². The van der Waals surface area contributed by atoms with E-state index in [-0.39, 0.29) is 5.69 Å². The van der Waals surface area contributed by atoms with Crippen LogP contribution >= 0.6 is 12.2 Å². The van der Waals surface area contributed by atoms with E-state index in [0.29, 0.717) is 23.7 Å². The molecule has 0 spiro atoms. The second-order valence-electron chi connectivity index (χ2n) is 4.25. The summed E-state index contributed by atoms with van der Waals surface area (Å²) in [7, 11) is 1.61. The molecule has 106 valence electrons. The van der Waals surface area contributed by atoms with Crippen molar-refractivity contribution in [3.8, 4) is 11.4 Å². The fourth-order valence-corrected chi connectivity index (χ4v) is 2.15. The Kier molecular flexibility index (Phi) is 4.26. The van der Waals surface area contributed by atoms with Crippen LogP contribution in [0.4, 0.5) is 5.69 Å². The summed E-state index contributed by atoms with van der Waals surface area (Å²) in [5.74, 6) is 0.652. The zero-order valence-electron chi connectivity index (χ0n) is 11.1. The van der Waals surface area contributed by atoms with E-state index in [1.54, 1.807) is 20.1 Å². The molecule has 0 aliphatic carbocycles. The standard InChI is InChI=1S/C12H14N4O3S/c1-8-7-9(16(17)18)3-4-10(8)11-13-14-12(20)15(11)5-6-19-2/h3-4,7H,5-6H2,1-2H3,(H,14,20). The summed E-state index contributed by atoms with van der Waals surface area (Å²) in [6, 6.07) is 4.66. The average molecular weight is 294 g/mol. The zero-order chi connectivity index (χ0) is 14.7. The fourth-order valence-electron chi connectivity index (χ4n) is 1.93. The number of aryl methyl sites for hydroxylation is 1. The molecule has 0 amide bonds. The van der Waals surface area contributed by atoms with E-state index in [2.05, 4.69) is 10.2 Å². The molecular weight excluding hydrogens is 280 g/mol. The summed E-state index contributed by atoms with van der Waals surface area (Å²) in [6.07, 6.45) is 0. The summed E-state index contributed by atoms with van der Waals surface area (Å²) in [5, 5.41) is 17.7. The van der Waals surface area contributed by atoms with Crippen molar-refractivity contribution in [1.82, 2.24) is 14.8 Å². The molecule has 0 saturated carbocycles. The van der Waals surface area contributed by atoms with Crippen molar-refractivity contribution in [3.63, 3.8) is 0 Å². The third-order valence-electron chi connectivity index (χ3n) is 2.94. The number of aromatic nitrogens is 3. The molecule has 1 N–H and O–H groups in total. The van der Waals surface area contributed by atoms with Crippen LogP contribution in [0, 0.1) is 21.8 Å². The number of hydrogen-bond acceptors (Lipinski definition) is 5. The quantitative estimate of drug-likeness (QED) is 0.520. The van der Waals surface area contributed by atoms with Crippen LogP contribution < -0.4 is 0 Å². The van der Waals surface area contributed by atoms with E-state index in [9.17, 15) is 10.1 Å². The smallest absolute Gasteiger partial charge is 0.269 e. The first-order valence-electron chi connectivity index (χ1n) is 5.94. The molecular formula is C12H14N4O3S. The number of nitrogens with zero attached hydrogens (tertiary/aromatic N) is 3. The normalized spacial score (nSPS) is 10.7. The predicted octanol–water partition coefficient (Wildman–Crippen LogP) is 2.47. The molecule has 20 heavy (non-hydrogen) atoms. The lowest BCUT2D eigenvalue weighted by Crippen LogP contribution is -2.06. The number of methoxy groups -OCH3 is 1. The van der Waals surface area contributed by atoms with Gasteiger partial charge in [0.25, 0.3) is 5.69 Å². The Bertz CT molecular complexity index is 692. The minimum Gasteiger partial charge on any atom is -0.383 e.